The van der Waals surface area contributed by atoms with Gasteiger partial charge in [0.05, 0.1) is 0 Å². The highest BCUT2D eigenvalue weighted by Crippen LogP contribution is 2.36. The van der Waals surface area contributed by atoms with E-state index >= 15 is 0 Å². The zero-order valence-corrected chi connectivity index (χ0v) is 15.7. The second-order valence-corrected chi connectivity index (χ2v) is 8.37. The Morgan fingerprint density at radius 2 is 2.08 bits per heavy atom. The van der Waals surface area contributed by atoms with E-state index in [0.717, 1.165) is 31.4 Å². The highest BCUT2D eigenvalue weighted by atomic mass is 32.2. The van der Waals surface area contributed by atoms with Crippen molar-refractivity contribution in [2.75, 3.05) is 5.75 Å². The average molecular weight is 361 g/mol. The lowest BCUT2D eigenvalue weighted by molar-refractivity contribution is -0.127. The summed E-state index contributed by atoms with van der Waals surface area (Å²) in [5, 5.41) is 6.34. The quantitative estimate of drug-likeness (QED) is 0.765. The Bertz CT molecular complexity index is 593. The number of rotatable bonds is 6. The molecule has 0 aromatic heterocycles. The molecule has 2 amide bonds. The number of nitrogens with one attached hydrogen (secondary N) is 2. The molecule has 2 aliphatic rings. The first-order valence-electron chi connectivity index (χ1n) is 9.42. The number of hydrogen-bond acceptors (Lipinski definition) is 3. The maximum absolute atomic E-state index is 12.2. The first kappa shape index (κ1) is 18.3. The van der Waals surface area contributed by atoms with E-state index in [1.807, 2.05) is 18.2 Å². The summed E-state index contributed by atoms with van der Waals surface area (Å²) in [4.78, 5) is 25.3. The highest BCUT2D eigenvalue weighted by molar-refractivity contribution is 7.99. The van der Waals surface area contributed by atoms with Crippen LogP contribution < -0.4 is 10.6 Å². The van der Waals surface area contributed by atoms with E-state index in [1.54, 1.807) is 11.8 Å². The lowest BCUT2D eigenvalue weighted by Gasteiger charge is -2.44. The van der Waals surface area contributed by atoms with Crippen molar-refractivity contribution in [3.05, 3.63) is 30.3 Å². The number of amides is 2. The van der Waals surface area contributed by atoms with Crippen molar-refractivity contribution in [2.24, 2.45) is 11.8 Å². The molecule has 0 spiro atoms. The van der Waals surface area contributed by atoms with Gasteiger partial charge in [0.2, 0.25) is 11.8 Å². The van der Waals surface area contributed by atoms with Crippen LogP contribution in [-0.2, 0) is 9.59 Å². The van der Waals surface area contributed by atoms with E-state index in [4.69, 9.17) is 0 Å². The van der Waals surface area contributed by atoms with Crippen LogP contribution in [0.1, 0.15) is 45.4 Å². The molecule has 1 heterocycles. The summed E-state index contributed by atoms with van der Waals surface area (Å²) in [5.74, 6) is 2.20. The zero-order valence-electron chi connectivity index (χ0n) is 14.9. The Morgan fingerprint density at radius 3 is 2.84 bits per heavy atom. The maximum Gasteiger partial charge on any atom is 0.221 e. The molecular weight excluding hydrogens is 332 g/mol. The summed E-state index contributed by atoms with van der Waals surface area (Å²) in [6, 6.07) is 10.6. The van der Waals surface area contributed by atoms with Crippen molar-refractivity contribution < 1.29 is 9.59 Å². The standard InChI is InChI=1S/C20H28N2O2S/c1-2-14-12-20(24)22-18-13-15(8-9-17(14)18)21-19(23)10-11-25-16-6-4-3-5-7-16/h3-7,14-15,17-18H,2,8-13H2,1H3,(H,21,23)(H,22,24). The second kappa shape index (κ2) is 8.75. The molecule has 1 saturated carbocycles. The van der Waals surface area contributed by atoms with Gasteiger partial charge in [-0.05, 0) is 43.2 Å². The smallest absolute Gasteiger partial charge is 0.221 e. The van der Waals surface area contributed by atoms with Gasteiger partial charge in [0.25, 0.3) is 0 Å². The number of hydrogen-bond donors (Lipinski definition) is 2. The zero-order chi connectivity index (χ0) is 17.6. The van der Waals surface area contributed by atoms with Crippen LogP contribution in [0.4, 0.5) is 0 Å². The minimum Gasteiger partial charge on any atom is -0.353 e. The van der Waals surface area contributed by atoms with Gasteiger partial charge in [0, 0.05) is 35.6 Å². The lowest BCUT2D eigenvalue weighted by atomic mass is 9.70. The normalized spacial score (nSPS) is 28.8. The molecule has 1 aromatic rings. The molecule has 1 saturated heterocycles. The first-order chi connectivity index (χ1) is 12.2. The van der Waals surface area contributed by atoms with Gasteiger partial charge >= 0.3 is 0 Å². The third kappa shape index (κ3) is 5.00. The predicted octanol–water partition coefficient (Wildman–Crippen LogP) is 3.37. The molecule has 5 heteroatoms. The summed E-state index contributed by atoms with van der Waals surface area (Å²) < 4.78 is 0. The van der Waals surface area contributed by atoms with Crippen LogP contribution in [0.25, 0.3) is 0 Å². The van der Waals surface area contributed by atoms with Crippen LogP contribution in [-0.4, -0.2) is 29.7 Å². The number of benzene rings is 1. The number of fused-ring (bicyclic) bond motifs is 1. The number of carbonyl (C=O) groups excluding carboxylic acids is 2. The Balaban J connectivity index is 1.42. The average Bonchev–Trinajstić information content (AvgIpc) is 2.61. The van der Waals surface area contributed by atoms with E-state index in [0.29, 0.717) is 24.7 Å². The third-order valence-electron chi connectivity index (χ3n) is 5.53. The summed E-state index contributed by atoms with van der Waals surface area (Å²) in [5.41, 5.74) is 0. The molecule has 1 aliphatic heterocycles. The fourth-order valence-electron chi connectivity index (χ4n) is 4.24. The van der Waals surface area contributed by atoms with E-state index < -0.39 is 0 Å². The molecule has 25 heavy (non-hydrogen) atoms. The van der Waals surface area contributed by atoms with Gasteiger partial charge in [-0.1, -0.05) is 31.5 Å². The highest BCUT2D eigenvalue weighted by Gasteiger charge is 2.40. The fourth-order valence-corrected chi connectivity index (χ4v) is 5.11. The topological polar surface area (TPSA) is 58.2 Å². The Hall–Kier alpha value is -1.49. The summed E-state index contributed by atoms with van der Waals surface area (Å²) in [6.45, 7) is 2.18. The molecule has 136 valence electrons. The van der Waals surface area contributed by atoms with Crippen molar-refractivity contribution in [2.45, 2.75) is 62.4 Å². The van der Waals surface area contributed by atoms with Gasteiger partial charge < -0.3 is 10.6 Å². The van der Waals surface area contributed by atoms with Crippen LogP contribution in [0.2, 0.25) is 0 Å². The van der Waals surface area contributed by atoms with Crippen molar-refractivity contribution in [1.29, 1.82) is 0 Å². The molecule has 4 nitrogen and oxygen atoms in total. The van der Waals surface area contributed by atoms with Gasteiger partial charge in [-0.3, -0.25) is 9.59 Å². The largest absolute Gasteiger partial charge is 0.353 e. The van der Waals surface area contributed by atoms with Crippen LogP contribution in [0.15, 0.2) is 35.2 Å². The Kier molecular flexibility index (Phi) is 6.40. The lowest BCUT2D eigenvalue weighted by Crippen LogP contribution is -2.55. The maximum atomic E-state index is 12.2. The van der Waals surface area contributed by atoms with Crippen molar-refractivity contribution in [3.8, 4) is 0 Å². The summed E-state index contributed by atoms with van der Waals surface area (Å²) >= 11 is 1.71. The van der Waals surface area contributed by atoms with E-state index in [1.165, 1.54) is 4.90 Å². The summed E-state index contributed by atoms with van der Waals surface area (Å²) in [7, 11) is 0. The monoisotopic (exact) mass is 360 g/mol. The first-order valence-corrected chi connectivity index (χ1v) is 10.4. The Morgan fingerprint density at radius 1 is 1.28 bits per heavy atom. The van der Waals surface area contributed by atoms with Crippen molar-refractivity contribution in [3.63, 3.8) is 0 Å². The minimum absolute atomic E-state index is 0.126. The van der Waals surface area contributed by atoms with Crippen LogP contribution in [0, 0.1) is 11.8 Å². The number of piperidine rings is 1. The predicted molar refractivity (Wildman–Crippen MR) is 101 cm³/mol. The molecule has 2 fully saturated rings. The van der Waals surface area contributed by atoms with Gasteiger partial charge in [0.15, 0.2) is 0 Å². The van der Waals surface area contributed by atoms with E-state index in [-0.39, 0.29) is 23.9 Å². The minimum atomic E-state index is 0.126. The van der Waals surface area contributed by atoms with Crippen LogP contribution in [0.3, 0.4) is 0 Å². The number of thioether (sulfide) groups is 1. The van der Waals surface area contributed by atoms with Crippen molar-refractivity contribution >= 4 is 23.6 Å². The van der Waals surface area contributed by atoms with Crippen LogP contribution >= 0.6 is 11.8 Å². The molecule has 0 bridgehead atoms. The molecule has 2 N–H and O–H groups in total. The SMILES string of the molecule is CCC1CC(=O)NC2CC(NC(=O)CCSc3ccccc3)CCC12. The molecule has 0 radical (unpaired) electrons. The molecule has 1 aromatic carbocycles. The van der Waals surface area contributed by atoms with E-state index in [2.05, 4.69) is 29.7 Å². The van der Waals surface area contributed by atoms with Gasteiger partial charge in [0.1, 0.15) is 0 Å². The fraction of sp³-hybridized carbons (Fsp3) is 0.600. The molecule has 1 aliphatic carbocycles. The second-order valence-electron chi connectivity index (χ2n) is 7.20. The Labute approximate surface area is 154 Å². The molecule has 3 rings (SSSR count). The van der Waals surface area contributed by atoms with E-state index in [9.17, 15) is 9.59 Å². The van der Waals surface area contributed by atoms with Crippen molar-refractivity contribution in [1.82, 2.24) is 10.6 Å². The van der Waals surface area contributed by atoms with Gasteiger partial charge in [-0.25, -0.2) is 0 Å². The number of carbonyl (C=O) groups is 2. The van der Waals surface area contributed by atoms with Crippen LogP contribution in [0.5, 0.6) is 0 Å². The van der Waals surface area contributed by atoms with Gasteiger partial charge in [-0.15, -0.1) is 11.8 Å². The molecule has 4 atom stereocenters. The third-order valence-corrected chi connectivity index (χ3v) is 6.55. The summed E-state index contributed by atoms with van der Waals surface area (Å²) in [6.07, 6.45) is 5.30. The molecular formula is C20H28N2O2S. The molecule has 4 unspecified atom stereocenters. The van der Waals surface area contributed by atoms with Gasteiger partial charge in [-0.2, -0.15) is 0 Å².